The Morgan fingerprint density at radius 3 is 2.58 bits per heavy atom. The number of benzene rings is 1. The molecule has 0 bridgehead atoms. The summed E-state index contributed by atoms with van der Waals surface area (Å²) in [5.74, 6) is 1.08. The number of piperidine rings is 1. The Kier molecular flexibility index (Phi) is 10.3. The van der Waals surface area contributed by atoms with Gasteiger partial charge in [-0.3, -0.25) is 0 Å². The number of nitrogens with one attached hydrogen (secondary N) is 1. The van der Waals surface area contributed by atoms with Crippen LogP contribution >= 0.6 is 24.8 Å². The van der Waals surface area contributed by atoms with Gasteiger partial charge in [-0.15, -0.1) is 24.8 Å². The predicted molar refractivity (Wildman–Crippen MR) is 124 cm³/mol. The first-order chi connectivity index (χ1) is 13.8. The van der Waals surface area contributed by atoms with Crippen molar-refractivity contribution in [3.8, 4) is 0 Å². The number of aromatic nitrogens is 2. The lowest BCUT2D eigenvalue weighted by Crippen LogP contribution is -2.43. The minimum Gasteiger partial charge on any atom is -0.355 e. The van der Waals surface area contributed by atoms with Crippen molar-refractivity contribution in [2.75, 3.05) is 23.3 Å². The highest BCUT2D eigenvalue weighted by Crippen LogP contribution is 2.34. The Morgan fingerprint density at radius 2 is 1.94 bits per heavy atom. The maximum atomic E-state index is 13.2. The first-order valence-corrected chi connectivity index (χ1v) is 10.1. The number of aryl methyl sites for hydroxylation is 2. The van der Waals surface area contributed by atoms with Gasteiger partial charge in [-0.05, 0) is 50.3 Å². The van der Waals surface area contributed by atoms with Crippen molar-refractivity contribution in [1.29, 1.82) is 0 Å². The van der Waals surface area contributed by atoms with Crippen LogP contribution in [0.15, 0.2) is 24.3 Å². The molecule has 10 heteroatoms. The zero-order valence-corrected chi connectivity index (χ0v) is 19.3. The third-order valence-electron chi connectivity index (χ3n) is 5.13. The van der Waals surface area contributed by atoms with E-state index in [-0.39, 0.29) is 36.4 Å². The summed E-state index contributed by atoms with van der Waals surface area (Å²) in [7, 11) is 0. The zero-order valence-electron chi connectivity index (χ0n) is 17.7. The Morgan fingerprint density at radius 1 is 1.19 bits per heavy atom. The molecular formula is C21H30Cl2F3N5. The molecule has 2 aromatic rings. The fraction of sp³-hybridized carbons (Fsp3) is 0.524. The van der Waals surface area contributed by atoms with E-state index in [0.717, 1.165) is 56.2 Å². The molecule has 31 heavy (non-hydrogen) atoms. The lowest BCUT2D eigenvalue weighted by Gasteiger charge is -2.32. The van der Waals surface area contributed by atoms with Crippen LogP contribution in [0, 0.1) is 6.92 Å². The molecule has 3 rings (SSSR count). The van der Waals surface area contributed by atoms with Crippen LogP contribution in [-0.4, -0.2) is 29.1 Å². The summed E-state index contributed by atoms with van der Waals surface area (Å²) in [6.45, 7) is 5.13. The number of unbranched alkanes of at least 4 members (excludes halogenated alkanes) is 1. The summed E-state index contributed by atoms with van der Waals surface area (Å²) in [4.78, 5) is 11.2. The summed E-state index contributed by atoms with van der Waals surface area (Å²) in [5, 5.41) is 2.97. The van der Waals surface area contributed by atoms with Crippen LogP contribution < -0.4 is 16.0 Å². The monoisotopic (exact) mass is 479 g/mol. The predicted octanol–water partition coefficient (Wildman–Crippen LogP) is 5.66. The van der Waals surface area contributed by atoms with Crippen LogP contribution in [0.4, 0.5) is 30.6 Å². The van der Waals surface area contributed by atoms with Gasteiger partial charge in [0.25, 0.3) is 0 Å². The number of hydrogen-bond acceptors (Lipinski definition) is 5. The highest BCUT2D eigenvalue weighted by molar-refractivity contribution is 5.85. The average Bonchev–Trinajstić information content (AvgIpc) is 2.67. The largest absolute Gasteiger partial charge is 0.416 e. The normalized spacial score (nSPS) is 16.3. The SMILES string of the molecule is CCCCc1cc(N2CCCC(N)C2)nc(Nc2ccc(C)c(C(F)(F)F)c2)n1.Cl.Cl. The van der Waals surface area contributed by atoms with Gasteiger partial charge >= 0.3 is 6.18 Å². The maximum Gasteiger partial charge on any atom is 0.416 e. The van der Waals surface area contributed by atoms with Crippen molar-refractivity contribution in [3.63, 3.8) is 0 Å². The second-order valence-corrected chi connectivity index (χ2v) is 7.65. The third-order valence-corrected chi connectivity index (χ3v) is 5.13. The number of hydrogen-bond donors (Lipinski definition) is 2. The highest BCUT2D eigenvalue weighted by atomic mass is 35.5. The topological polar surface area (TPSA) is 67.1 Å². The van der Waals surface area contributed by atoms with Crippen LogP contribution in [0.2, 0.25) is 0 Å². The van der Waals surface area contributed by atoms with Gasteiger partial charge in [0.15, 0.2) is 0 Å². The first-order valence-electron chi connectivity index (χ1n) is 10.1. The Labute approximate surface area is 193 Å². The van der Waals surface area contributed by atoms with E-state index in [2.05, 4.69) is 27.1 Å². The van der Waals surface area contributed by atoms with Crippen LogP contribution in [-0.2, 0) is 12.6 Å². The number of nitrogens with two attached hydrogens (primary N) is 1. The number of halogens is 5. The summed E-state index contributed by atoms with van der Waals surface area (Å²) >= 11 is 0. The number of anilines is 3. The van der Waals surface area contributed by atoms with Gasteiger partial charge in [-0.25, -0.2) is 4.98 Å². The number of rotatable bonds is 6. The highest BCUT2D eigenvalue weighted by Gasteiger charge is 2.32. The van der Waals surface area contributed by atoms with Gasteiger partial charge < -0.3 is 16.0 Å². The van der Waals surface area contributed by atoms with Gasteiger partial charge in [-0.2, -0.15) is 18.2 Å². The fourth-order valence-electron chi connectivity index (χ4n) is 3.54. The maximum absolute atomic E-state index is 13.2. The molecule has 174 valence electrons. The molecule has 1 atom stereocenters. The van der Waals surface area contributed by atoms with Crippen molar-refractivity contribution in [1.82, 2.24) is 9.97 Å². The van der Waals surface area contributed by atoms with E-state index < -0.39 is 11.7 Å². The summed E-state index contributed by atoms with van der Waals surface area (Å²) in [6, 6.07) is 6.24. The second-order valence-electron chi connectivity index (χ2n) is 7.65. The molecule has 1 unspecified atom stereocenters. The number of alkyl halides is 3. The van der Waals surface area contributed by atoms with Gasteiger partial charge in [-0.1, -0.05) is 19.4 Å². The molecule has 3 N–H and O–H groups in total. The lowest BCUT2D eigenvalue weighted by molar-refractivity contribution is -0.138. The van der Waals surface area contributed by atoms with Crippen LogP contribution in [0.1, 0.15) is 49.4 Å². The van der Waals surface area contributed by atoms with E-state index in [1.54, 1.807) is 6.07 Å². The Bertz CT molecular complexity index is 848. The van der Waals surface area contributed by atoms with Gasteiger partial charge in [0, 0.05) is 36.6 Å². The standard InChI is InChI=1S/C21H28F3N5.2ClH/c1-3-4-7-16-12-19(29-10-5-6-15(25)13-29)28-20(26-16)27-17-9-8-14(2)18(11-17)21(22,23)24;;/h8-9,11-12,15H,3-7,10,13,25H2,1-2H3,(H,26,27,28);2*1H. The molecule has 1 aliphatic rings. The number of nitrogens with zero attached hydrogens (tertiary/aromatic N) is 3. The third kappa shape index (κ3) is 7.40. The zero-order chi connectivity index (χ0) is 21.0. The first kappa shape index (κ1) is 27.3. The Balaban J connectivity index is 0.00000240. The molecule has 0 spiro atoms. The van der Waals surface area contributed by atoms with Crippen molar-refractivity contribution < 1.29 is 13.2 Å². The summed E-state index contributed by atoms with van der Waals surface area (Å²) in [6.07, 6.45) is 0.384. The summed E-state index contributed by atoms with van der Waals surface area (Å²) in [5.41, 5.74) is 6.82. The molecule has 0 amide bonds. The van der Waals surface area contributed by atoms with Gasteiger partial charge in [0.1, 0.15) is 5.82 Å². The van der Waals surface area contributed by atoms with Crippen molar-refractivity contribution in [3.05, 3.63) is 41.1 Å². The minimum absolute atomic E-state index is 0. The fourth-order valence-corrected chi connectivity index (χ4v) is 3.54. The van der Waals surface area contributed by atoms with Crippen molar-refractivity contribution in [2.24, 2.45) is 5.73 Å². The van der Waals surface area contributed by atoms with E-state index in [9.17, 15) is 13.2 Å². The molecule has 1 aromatic carbocycles. The van der Waals surface area contributed by atoms with E-state index >= 15 is 0 Å². The quantitative estimate of drug-likeness (QED) is 0.559. The average molecular weight is 480 g/mol. The second kappa shape index (κ2) is 11.7. The van der Waals surface area contributed by atoms with E-state index in [1.807, 2.05) is 6.07 Å². The molecule has 5 nitrogen and oxygen atoms in total. The molecule has 1 aromatic heterocycles. The van der Waals surface area contributed by atoms with Crippen LogP contribution in [0.25, 0.3) is 0 Å². The molecule has 1 saturated heterocycles. The van der Waals surface area contributed by atoms with Crippen LogP contribution in [0.5, 0.6) is 0 Å². The molecular weight excluding hydrogens is 450 g/mol. The minimum atomic E-state index is -4.40. The Hall–Kier alpha value is -1.77. The van der Waals surface area contributed by atoms with Gasteiger partial charge in [0.2, 0.25) is 5.95 Å². The molecule has 1 aliphatic heterocycles. The van der Waals surface area contributed by atoms with Gasteiger partial charge in [0.05, 0.1) is 5.56 Å². The summed E-state index contributed by atoms with van der Waals surface area (Å²) < 4.78 is 39.7. The molecule has 2 heterocycles. The van der Waals surface area contributed by atoms with E-state index in [1.165, 1.54) is 13.0 Å². The molecule has 0 saturated carbocycles. The molecule has 0 aliphatic carbocycles. The van der Waals surface area contributed by atoms with E-state index in [0.29, 0.717) is 18.2 Å². The molecule has 0 radical (unpaired) electrons. The van der Waals surface area contributed by atoms with Crippen molar-refractivity contribution in [2.45, 2.75) is 58.2 Å². The lowest BCUT2D eigenvalue weighted by atomic mass is 10.1. The molecule has 1 fully saturated rings. The van der Waals surface area contributed by atoms with Crippen molar-refractivity contribution >= 4 is 42.3 Å². The van der Waals surface area contributed by atoms with E-state index in [4.69, 9.17) is 5.73 Å². The van der Waals surface area contributed by atoms with Crippen LogP contribution in [0.3, 0.4) is 0 Å². The smallest absolute Gasteiger partial charge is 0.355 e.